The summed E-state index contributed by atoms with van der Waals surface area (Å²) in [6.45, 7) is 8.60. The third-order valence-electron chi connectivity index (χ3n) is 3.84. The van der Waals surface area contributed by atoms with Gasteiger partial charge < -0.3 is 15.0 Å². The van der Waals surface area contributed by atoms with Crippen LogP contribution in [0.3, 0.4) is 0 Å². The van der Waals surface area contributed by atoms with Gasteiger partial charge in [0.05, 0.1) is 6.61 Å². The molecular weight excluding hydrogens is 359 g/mol. The fourth-order valence-corrected chi connectivity index (χ4v) is 3.02. The molecule has 1 unspecified atom stereocenters. The second-order valence-electron chi connectivity index (χ2n) is 6.35. The molecule has 0 aliphatic heterocycles. The second-order valence-corrected chi connectivity index (χ2v) is 7.10. The van der Waals surface area contributed by atoms with Gasteiger partial charge in [0, 0.05) is 37.1 Å². The summed E-state index contributed by atoms with van der Waals surface area (Å²) in [5, 5.41) is 3.32. The highest BCUT2D eigenvalue weighted by molar-refractivity contribution is 6.18. The van der Waals surface area contributed by atoms with Crippen molar-refractivity contribution in [2.24, 2.45) is 5.92 Å². The van der Waals surface area contributed by atoms with Gasteiger partial charge in [-0.15, -0.1) is 23.2 Å². The Kier molecular flexibility index (Phi) is 10.9. The monoisotopic (exact) mass is 388 g/mol. The molecule has 1 atom stereocenters. The van der Waals surface area contributed by atoms with Crippen LogP contribution >= 0.6 is 23.2 Å². The Morgan fingerprint density at radius 1 is 1.16 bits per heavy atom. The van der Waals surface area contributed by atoms with Gasteiger partial charge in [0.25, 0.3) is 0 Å². The molecule has 0 saturated heterocycles. The molecule has 0 aromatic heterocycles. The van der Waals surface area contributed by atoms with Crippen LogP contribution in [0, 0.1) is 5.92 Å². The molecule has 4 nitrogen and oxygen atoms in total. The first kappa shape index (κ1) is 22.1. The molecule has 0 amide bonds. The van der Waals surface area contributed by atoms with E-state index in [2.05, 4.69) is 48.3 Å². The van der Waals surface area contributed by atoms with Crippen LogP contribution in [-0.4, -0.2) is 43.5 Å². The van der Waals surface area contributed by atoms with Crippen LogP contribution in [-0.2, 0) is 16.1 Å². The van der Waals surface area contributed by atoms with E-state index < -0.39 is 0 Å². The zero-order valence-corrected chi connectivity index (χ0v) is 16.9. The summed E-state index contributed by atoms with van der Waals surface area (Å²) in [5.41, 5.74) is 2.23. The number of alkyl halides is 2. The number of benzene rings is 1. The van der Waals surface area contributed by atoms with Crippen molar-refractivity contribution in [3.63, 3.8) is 0 Å². The second kappa shape index (κ2) is 12.4. The molecule has 0 heterocycles. The smallest absolute Gasteiger partial charge is 0.323 e. The van der Waals surface area contributed by atoms with E-state index >= 15 is 0 Å². The SMILES string of the molecule is CCOC(=O)C(CC(C)C)NCc1ccc(N(CCCl)CCCl)cc1. The molecule has 25 heavy (non-hydrogen) atoms. The Morgan fingerprint density at radius 3 is 2.24 bits per heavy atom. The normalized spacial score (nSPS) is 12.2. The van der Waals surface area contributed by atoms with Crippen molar-refractivity contribution in [3.8, 4) is 0 Å². The van der Waals surface area contributed by atoms with Gasteiger partial charge in [-0.25, -0.2) is 0 Å². The van der Waals surface area contributed by atoms with Crippen LogP contribution in [0.5, 0.6) is 0 Å². The number of hydrogen-bond acceptors (Lipinski definition) is 4. The molecule has 0 fully saturated rings. The fraction of sp³-hybridized carbons (Fsp3) is 0.632. The van der Waals surface area contributed by atoms with Crippen LogP contribution in [0.4, 0.5) is 5.69 Å². The summed E-state index contributed by atoms with van der Waals surface area (Å²) in [4.78, 5) is 14.2. The number of carbonyl (C=O) groups is 1. The number of rotatable bonds is 12. The van der Waals surface area contributed by atoms with Gasteiger partial charge in [-0.3, -0.25) is 4.79 Å². The molecule has 1 N–H and O–H groups in total. The first-order chi connectivity index (χ1) is 12.0. The Hall–Kier alpha value is -0.970. The molecule has 142 valence electrons. The number of ether oxygens (including phenoxy) is 1. The molecule has 0 radical (unpaired) electrons. The van der Waals surface area contributed by atoms with E-state index in [1.165, 1.54) is 0 Å². The van der Waals surface area contributed by atoms with Crippen LogP contribution in [0.2, 0.25) is 0 Å². The van der Waals surface area contributed by atoms with Crippen LogP contribution in [0.25, 0.3) is 0 Å². The summed E-state index contributed by atoms with van der Waals surface area (Å²) in [5.74, 6) is 1.37. The number of nitrogens with zero attached hydrogens (tertiary/aromatic N) is 1. The van der Waals surface area contributed by atoms with E-state index in [1.54, 1.807) is 0 Å². The van der Waals surface area contributed by atoms with Gasteiger partial charge in [-0.1, -0.05) is 26.0 Å². The van der Waals surface area contributed by atoms with Crippen molar-refractivity contribution in [2.45, 2.75) is 39.8 Å². The van der Waals surface area contributed by atoms with E-state index in [1.807, 2.05) is 6.92 Å². The molecule has 1 rings (SSSR count). The summed E-state index contributed by atoms with van der Waals surface area (Å²) in [7, 11) is 0. The molecule has 0 spiro atoms. The summed E-state index contributed by atoms with van der Waals surface area (Å²) in [6, 6.07) is 7.99. The first-order valence-corrected chi connectivity index (χ1v) is 9.94. The Balaban J connectivity index is 2.67. The molecule has 0 aliphatic rings. The van der Waals surface area contributed by atoms with E-state index in [0.717, 1.165) is 30.8 Å². The largest absolute Gasteiger partial charge is 0.465 e. The minimum Gasteiger partial charge on any atom is -0.465 e. The number of anilines is 1. The zero-order chi connectivity index (χ0) is 18.7. The molecule has 0 saturated carbocycles. The van der Waals surface area contributed by atoms with Crippen LogP contribution in [0.1, 0.15) is 32.8 Å². The standard InChI is InChI=1S/C19H30Cl2N2O2/c1-4-25-19(24)18(13-15(2)3)22-14-16-5-7-17(8-6-16)23(11-9-20)12-10-21/h5-8,15,18,22H,4,9-14H2,1-3H3. The molecule has 1 aromatic rings. The number of halogens is 2. The third kappa shape index (κ3) is 8.30. The quantitative estimate of drug-likeness (QED) is 0.433. The Labute approximate surface area is 161 Å². The van der Waals surface area contributed by atoms with Gasteiger partial charge in [-0.05, 0) is 37.0 Å². The summed E-state index contributed by atoms with van der Waals surface area (Å²) >= 11 is 11.7. The molecule has 6 heteroatoms. The van der Waals surface area contributed by atoms with Gasteiger partial charge in [0.15, 0.2) is 0 Å². The maximum Gasteiger partial charge on any atom is 0.323 e. The lowest BCUT2D eigenvalue weighted by Gasteiger charge is -2.23. The van der Waals surface area contributed by atoms with Crippen molar-refractivity contribution < 1.29 is 9.53 Å². The van der Waals surface area contributed by atoms with Crippen molar-refractivity contribution in [1.82, 2.24) is 5.32 Å². The van der Waals surface area contributed by atoms with Gasteiger partial charge in [-0.2, -0.15) is 0 Å². The molecule has 0 aliphatic carbocycles. The van der Waals surface area contributed by atoms with Gasteiger partial charge in [0.2, 0.25) is 0 Å². The highest BCUT2D eigenvalue weighted by atomic mass is 35.5. The van der Waals surface area contributed by atoms with Crippen LogP contribution < -0.4 is 10.2 Å². The maximum atomic E-state index is 12.1. The average molecular weight is 389 g/mol. The summed E-state index contributed by atoms with van der Waals surface area (Å²) in [6.07, 6.45) is 0.760. The zero-order valence-electron chi connectivity index (χ0n) is 15.4. The summed E-state index contributed by atoms with van der Waals surface area (Å²) < 4.78 is 5.16. The average Bonchev–Trinajstić information content (AvgIpc) is 2.59. The van der Waals surface area contributed by atoms with E-state index in [-0.39, 0.29) is 12.0 Å². The Bertz CT molecular complexity index is 489. The van der Waals surface area contributed by atoms with Gasteiger partial charge in [0.1, 0.15) is 6.04 Å². The molecular formula is C19H30Cl2N2O2. The lowest BCUT2D eigenvalue weighted by Crippen LogP contribution is -2.38. The van der Waals surface area contributed by atoms with Crippen molar-refractivity contribution >= 4 is 34.9 Å². The molecule has 0 bridgehead atoms. The minimum atomic E-state index is -0.274. The topological polar surface area (TPSA) is 41.6 Å². The van der Waals surface area contributed by atoms with E-state index in [4.69, 9.17) is 27.9 Å². The highest BCUT2D eigenvalue weighted by Crippen LogP contribution is 2.16. The predicted molar refractivity (Wildman–Crippen MR) is 107 cm³/mol. The van der Waals surface area contributed by atoms with E-state index in [0.29, 0.717) is 30.8 Å². The van der Waals surface area contributed by atoms with Crippen molar-refractivity contribution in [2.75, 3.05) is 36.4 Å². The fourth-order valence-electron chi connectivity index (χ4n) is 2.62. The predicted octanol–water partition coefficient (Wildman–Crippen LogP) is 4.04. The van der Waals surface area contributed by atoms with E-state index in [9.17, 15) is 4.79 Å². The lowest BCUT2D eigenvalue weighted by molar-refractivity contribution is -0.146. The third-order valence-corrected chi connectivity index (χ3v) is 4.18. The number of nitrogens with one attached hydrogen (secondary N) is 1. The van der Waals surface area contributed by atoms with Crippen molar-refractivity contribution in [1.29, 1.82) is 0 Å². The van der Waals surface area contributed by atoms with Crippen LogP contribution in [0.15, 0.2) is 24.3 Å². The number of esters is 1. The maximum absolute atomic E-state index is 12.1. The molecule has 1 aromatic carbocycles. The Morgan fingerprint density at radius 2 is 1.76 bits per heavy atom. The lowest BCUT2D eigenvalue weighted by atomic mass is 10.0. The minimum absolute atomic E-state index is 0.178. The van der Waals surface area contributed by atoms with Gasteiger partial charge >= 0.3 is 5.97 Å². The number of carbonyl (C=O) groups excluding carboxylic acids is 1. The number of hydrogen-bond donors (Lipinski definition) is 1. The van der Waals surface area contributed by atoms with Crippen molar-refractivity contribution in [3.05, 3.63) is 29.8 Å². The first-order valence-electron chi connectivity index (χ1n) is 8.87. The highest BCUT2D eigenvalue weighted by Gasteiger charge is 2.20.